The second-order valence-corrected chi connectivity index (χ2v) is 7.91. The Morgan fingerprint density at radius 1 is 1.00 bits per heavy atom. The predicted octanol–water partition coefficient (Wildman–Crippen LogP) is 3.03. The fraction of sp³-hybridized carbons (Fsp3) is 0.316. The Labute approximate surface area is 189 Å². The molecule has 0 radical (unpaired) electrons. The Morgan fingerprint density at radius 3 is 2.36 bits per heavy atom. The summed E-state index contributed by atoms with van der Waals surface area (Å²) in [5.41, 5.74) is 1.07. The molecule has 0 bridgehead atoms. The van der Waals surface area contributed by atoms with Gasteiger partial charge in [0.15, 0.2) is 5.96 Å². The zero-order chi connectivity index (χ0) is 19.5. The number of guanidine groups is 1. The van der Waals surface area contributed by atoms with E-state index in [9.17, 15) is 8.42 Å². The van der Waals surface area contributed by atoms with Crippen LogP contribution < -0.4 is 15.4 Å². The first-order valence-electron chi connectivity index (χ1n) is 8.83. The Hall–Kier alpha value is -1.36. The molecule has 2 aromatic carbocycles. The van der Waals surface area contributed by atoms with Gasteiger partial charge in [0.2, 0.25) is 10.0 Å². The first-order valence-corrected chi connectivity index (χ1v) is 10.7. The summed E-state index contributed by atoms with van der Waals surface area (Å²) in [6.45, 7) is 3.91. The van der Waals surface area contributed by atoms with Crippen molar-refractivity contribution in [1.29, 1.82) is 0 Å². The topological polar surface area (TPSA) is 82.6 Å². The predicted molar refractivity (Wildman–Crippen MR) is 126 cm³/mol. The van der Waals surface area contributed by atoms with Gasteiger partial charge in [0, 0.05) is 24.7 Å². The third-order valence-corrected chi connectivity index (χ3v) is 5.56. The summed E-state index contributed by atoms with van der Waals surface area (Å²) in [4.78, 5) is 4.65. The van der Waals surface area contributed by atoms with Crippen LogP contribution in [-0.4, -0.2) is 40.6 Å². The summed E-state index contributed by atoms with van der Waals surface area (Å²) in [7, 11) is -3.50. The van der Waals surface area contributed by atoms with Crippen LogP contribution in [0.15, 0.2) is 64.5 Å². The van der Waals surface area contributed by atoms with Gasteiger partial charge in [0.25, 0.3) is 0 Å². The first kappa shape index (κ1) is 24.7. The zero-order valence-electron chi connectivity index (χ0n) is 15.7. The summed E-state index contributed by atoms with van der Waals surface area (Å²) in [5, 5.41) is 7.12. The van der Waals surface area contributed by atoms with E-state index in [0.717, 1.165) is 17.0 Å². The summed E-state index contributed by atoms with van der Waals surface area (Å²) in [6.07, 6.45) is 0.769. The highest BCUT2D eigenvalue weighted by Gasteiger charge is 2.11. The third-order valence-electron chi connectivity index (χ3n) is 3.72. The molecule has 6 nitrogen and oxygen atoms in total. The van der Waals surface area contributed by atoms with Crippen molar-refractivity contribution in [2.45, 2.75) is 18.2 Å². The normalized spacial score (nSPS) is 11.6. The number of hydrogen-bond acceptors (Lipinski definition) is 3. The van der Waals surface area contributed by atoms with Gasteiger partial charge in [-0.05, 0) is 37.1 Å². The highest BCUT2D eigenvalue weighted by atomic mass is 127. The maximum Gasteiger partial charge on any atom is 0.240 e. The van der Waals surface area contributed by atoms with E-state index in [2.05, 4.69) is 20.3 Å². The van der Waals surface area contributed by atoms with Crippen molar-refractivity contribution in [1.82, 2.24) is 15.4 Å². The van der Waals surface area contributed by atoms with Crippen molar-refractivity contribution in [2.75, 3.05) is 26.2 Å². The fourth-order valence-electron chi connectivity index (χ4n) is 2.39. The smallest absolute Gasteiger partial charge is 0.240 e. The van der Waals surface area contributed by atoms with Crippen LogP contribution >= 0.6 is 35.6 Å². The molecule has 0 heterocycles. The molecule has 0 aliphatic heterocycles. The van der Waals surface area contributed by atoms with Crippen molar-refractivity contribution >= 4 is 51.6 Å². The molecule has 0 unspecified atom stereocenters. The number of sulfonamides is 1. The largest absolute Gasteiger partial charge is 0.357 e. The highest BCUT2D eigenvalue weighted by Crippen LogP contribution is 2.14. The Bertz CT molecular complexity index is 848. The molecule has 0 spiro atoms. The van der Waals surface area contributed by atoms with Crippen molar-refractivity contribution in [3.63, 3.8) is 0 Å². The lowest BCUT2D eigenvalue weighted by Gasteiger charge is -2.12. The molecule has 9 heteroatoms. The van der Waals surface area contributed by atoms with Gasteiger partial charge in [0.05, 0.1) is 11.4 Å². The molecular formula is C19H26ClIN4O2S. The molecular weight excluding hydrogens is 511 g/mol. The number of rotatable bonds is 9. The molecule has 0 fully saturated rings. The lowest BCUT2D eigenvalue weighted by Crippen LogP contribution is -2.39. The Kier molecular flexibility index (Phi) is 11.4. The van der Waals surface area contributed by atoms with Crippen LogP contribution in [0.5, 0.6) is 0 Å². The molecule has 0 saturated heterocycles. The maximum atomic E-state index is 12.2. The second kappa shape index (κ2) is 13.0. The van der Waals surface area contributed by atoms with E-state index >= 15 is 0 Å². The zero-order valence-corrected chi connectivity index (χ0v) is 19.6. The quantitative estimate of drug-likeness (QED) is 0.199. The molecule has 154 valence electrons. The maximum absolute atomic E-state index is 12.2. The Balaban J connectivity index is 0.00000392. The van der Waals surface area contributed by atoms with Gasteiger partial charge in [-0.25, -0.2) is 13.1 Å². The average molecular weight is 537 g/mol. The molecule has 0 aromatic heterocycles. The van der Waals surface area contributed by atoms with Crippen LogP contribution in [0.1, 0.15) is 12.5 Å². The number of nitrogens with one attached hydrogen (secondary N) is 3. The third kappa shape index (κ3) is 8.34. The standard InChI is InChI=1S/C19H25ClN4O2S.HI/c1-2-21-19(22-13-12-16-8-6-7-11-18(16)20)23-14-15-24-27(25,26)17-9-4-3-5-10-17;/h3-11,24H,2,12-15H2,1H3,(H2,21,22,23);1H. The number of hydrogen-bond donors (Lipinski definition) is 3. The molecule has 3 N–H and O–H groups in total. The van der Waals surface area contributed by atoms with E-state index in [1.54, 1.807) is 30.3 Å². The minimum Gasteiger partial charge on any atom is -0.357 e. The van der Waals surface area contributed by atoms with Gasteiger partial charge in [-0.3, -0.25) is 4.99 Å². The molecule has 0 aliphatic carbocycles. The minimum atomic E-state index is -3.50. The summed E-state index contributed by atoms with van der Waals surface area (Å²) in [6, 6.07) is 16.0. The van der Waals surface area contributed by atoms with Crippen LogP contribution in [0.3, 0.4) is 0 Å². The second-order valence-electron chi connectivity index (χ2n) is 5.74. The molecule has 0 saturated carbocycles. The molecule has 0 atom stereocenters. The van der Waals surface area contributed by atoms with Gasteiger partial charge in [-0.1, -0.05) is 48.0 Å². The van der Waals surface area contributed by atoms with E-state index in [0.29, 0.717) is 25.6 Å². The van der Waals surface area contributed by atoms with Gasteiger partial charge in [-0.15, -0.1) is 24.0 Å². The number of halogens is 2. The molecule has 0 amide bonds. The first-order chi connectivity index (χ1) is 13.0. The van der Waals surface area contributed by atoms with Crippen molar-refractivity contribution in [2.24, 2.45) is 4.99 Å². The molecule has 2 rings (SSSR count). The monoisotopic (exact) mass is 536 g/mol. The van der Waals surface area contributed by atoms with Crippen LogP contribution in [-0.2, 0) is 16.4 Å². The highest BCUT2D eigenvalue weighted by molar-refractivity contribution is 14.0. The fourth-order valence-corrected chi connectivity index (χ4v) is 3.66. The summed E-state index contributed by atoms with van der Waals surface area (Å²) >= 11 is 6.16. The number of benzene rings is 2. The van der Waals surface area contributed by atoms with Gasteiger partial charge in [-0.2, -0.15) is 0 Å². The van der Waals surface area contributed by atoms with Crippen LogP contribution in [0.2, 0.25) is 5.02 Å². The Morgan fingerprint density at radius 2 is 1.68 bits per heavy atom. The SMILES string of the molecule is CCNC(=NCCNS(=O)(=O)c1ccccc1)NCCc1ccccc1Cl.I. The summed E-state index contributed by atoms with van der Waals surface area (Å²) < 4.78 is 26.9. The van der Waals surface area contributed by atoms with Crippen molar-refractivity contribution in [3.05, 3.63) is 65.2 Å². The van der Waals surface area contributed by atoms with E-state index in [1.165, 1.54) is 0 Å². The lowest BCUT2D eigenvalue weighted by molar-refractivity contribution is 0.582. The van der Waals surface area contributed by atoms with Gasteiger partial charge < -0.3 is 10.6 Å². The number of aliphatic imine (C=N–C) groups is 1. The van der Waals surface area contributed by atoms with E-state index < -0.39 is 10.0 Å². The van der Waals surface area contributed by atoms with Crippen molar-refractivity contribution < 1.29 is 8.42 Å². The molecule has 2 aromatic rings. The van der Waals surface area contributed by atoms with Gasteiger partial charge in [0.1, 0.15) is 0 Å². The van der Waals surface area contributed by atoms with Crippen LogP contribution in [0.4, 0.5) is 0 Å². The lowest BCUT2D eigenvalue weighted by atomic mass is 10.1. The van der Waals surface area contributed by atoms with E-state index in [1.807, 2.05) is 31.2 Å². The minimum absolute atomic E-state index is 0. The van der Waals surface area contributed by atoms with E-state index in [4.69, 9.17) is 11.6 Å². The van der Waals surface area contributed by atoms with Gasteiger partial charge >= 0.3 is 0 Å². The molecule has 28 heavy (non-hydrogen) atoms. The molecule has 0 aliphatic rings. The van der Waals surface area contributed by atoms with Crippen LogP contribution in [0, 0.1) is 0 Å². The number of nitrogens with zero attached hydrogens (tertiary/aromatic N) is 1. The van der Waals surface area contributed by atoms with E-state index in [-0.39, 0.29) is 35.4 Å². The summed E-state index contributed by atoms with van der Waals surface area (Å²) in [5.74, 6) is 0.642. The van der Waals surface area contributed by atoms with Crippen LogP contribution in [0.25, 0.3) is 0 Å². The van der Waals surface area contributed by atoms with Crippen molar-refractivity contribution in [3.8, 4) is 0 Å². The average Bonchev–Trinajstić information content (AvgIpc) is 2.67.